The number of rotatable bonds is 7. The fourth-order valence-electron chi connectivity index (χ4n) is 3.53. The molecule has 0 unspecified atom stereocenters. The molecule has 0 saturated heterocycles. The zero-order chi connectivity index (χ0) is 21.0. The van der Waals surface area contributed by atoms with Gasteiger partial charge in [-0.25, -0.2) is 4.79 Å². The third-order valence-electron chi connectivity index (χ3n) is 5.24. The molecule has 0 bridgehead atoms. The predicted octanol–water partition coefficient (Wildman–Crippen LogP) is 4.57. The van der Waals surface area contributed by atoms with Crippen molar-refractivity contribution in [3.05, 3.63) is 75.1 Å². The van der Waals surface area contributed by atoms with Gasteiger partial charge in [-0.2, -0.15) is 0 Å². The number of benzene rings is 2. The van der Waals surface area contributed by atoms with E-state index in [1.165, 1.54) is 0 Å². The molecule has 5 nitrogen and oxygen atoms in total. The Morgan fingerprint density at radius 2 is 1.83 bits per heavy atom. The highest BCUT2D eigenvalue weighted by Gasteiger charge is 2.15. The van der Waals surface area contributed by atoms with E-state index in [9.17, 15) is 9.59 Å². The second-order valence-electron chi connectivity index (χ2n) is 7.55. The SMILES string of the molecule is CCCN(CC(=O)Nc1ccccc1C)Cc1cc(=O)oc2c(C)c(C)ccc12. The molecule has 1 amide bonds. The molecule has 5 heteroatoms. The van der Waals surface area contributed by atoms with Crippen molar-refractivity contribution in [3.8, 4) is 0 Å². The minimum Gasteiger partial charge on any atom is -0.422 e. The Balaban J connectivity index is 1.84. The molecular formula is C24H28N2O3. The number of amides is 1. The van der Waals surface area contributed by atoms with Gasteiger partial charge in [0.2, 0.25) is 5.91 Å². The lowest BCUT2D eigenvalue weighted by molar-refractivity contribution is -0.117. The molecule has 2 aromatic carbocycles. The molecule has 152 valence electrons. The molecule has 0 aliphatic carbocycles. The fraction of sp³-hybridized carbons (Fsp3) is 0.333. The van der Waals surface area contributed by atoms with E-state index in [-0.39, 0.29) is 18.1 Å². The van der Waals surface area contributed by atoms with Gasteiger partial charge in [0.15, 0.2) is 0 Å². The van der Waals surface area contributed by atoms with Crippen LogP contribution in [0.2, 0.25) is 0 Å². The molecule has 0 aliphatic heterocycles. The first kappa shape index (κ1) is 20.8. The smallest absolute Gasteiger partial charge is 0.336 e. The van der Waals surface area contributed by atoms with Gasteiger partial charge in [0.25, 0.3) is 0 Å². The zero-order valence-corrected chi connectivity index (χ0v) is 17.5. The summed E-state index contributed by atoms with van der Waals surface area (Å²) in [6.45, 7) is 9.54. The van der Waals surface area contributed by atoms with E-state index in [1.54, 1.807) is 6.07 Å². The first-order valence-electron chi connectivity index (χ1n) is 9.99. The second kappa shape index (κ2) is 9.05. The summed E-state index contributed by atoms with van der Waals surface area (Å²) >= 11 is 0. The lowest BCUT2D eigenvalue weighted by Crippen LogP contribution is -2.34. The van der Waals surface area contributed by atoms with Crippen molar-refractivity contribution in [2.75, 3.05) is 18.4 Å². The van der Waals surface area contributed by atoms with E-state index < -0.39 is 0 Å². The highest BCUT2D eigenvalue weighted by atomic mass is 16.4. The Morgan fingerprint density at radius 1 is 1.07 bits per heavy atom. The quantitative estimate of drug-likeness (QED) is 0.598. The van der Waals surface area contributed by atoms with Crippen LogP contribution in [0.15, 0.2) is 51.7 Å². The number of fused-ring (bicyclic) bond motifs is 1. The van der Waals surface area contributed by atoms with Crippen LogP contribution >= 0.6 is 0 Å². The van der Waals surface area contributed by atoms with Crippen LogP contribution in [-0.2, 0) is 11.3 Å². The topological polar surface area (TPSA) is 62.6 Å². The molecule has 0 radical (unpaired) electrons. The molecule has 1 N–H and O–H groups in total. The van der Waals surface area contributed by atoms with E-state index in [1.807, 2.05) is 57.2 Å². The Labute approximate surface area is 171 Å². The van der Waals surface area contributed by atoms with E-state index in [0.717, 1.165) is 46.3 Å². The predicted molar refractivity (Wildman–Crippen MR) is 117 cm³/mol. The molecule has 3 rings (SSSR count). The molecule has 1 heterocycles. The third-order valence-corrected chi connectivity index (χ3v) is 5.24. The van der Waals surface area contributed by atoms with Crippen LogP contribution in [0.1, 0.15) is 35.6 Å². The summed E-state index contributed by atoms with van der Waals surface area (Å²) < 4.78 is 5.48. The Bertz CT molecular complexity index is 1090. The number of nitrogens with zero attached hydrogens (tertiary/aromatic N) is 1. The van der Waals surface area contributed by atoms with Gasteiger partial charge in [0.1, 0.15) is 5.58 Å². The van der Waals surface area contributed by atoms with Crippen LogP contribution in [0.25, 0.3) is 11.0 Å². The van der Waals surface area contributed by atoms with Gasteiger partial charge in [-0.1, -0.05) is 37.3 Å². The van der Waals surface area contributed by atoms with Crippen LogP contribution in [0.5, 0.6) is 0 Å². The Morgan fingerprint density at radius 3 is 2.55 bits per heavy atom. The van der Waals surface area contributed by atoms with Crippen molar-refractivity contribution in [2.45, 2.75) is 40.7 Å². The maximum atomic E-state index is 12.6. The highest BCUT2D eigenvalue weighted by Crippen LogP contribution is 2.24. The molecule has 0 atom stereocenters. The van der Waals surface area contributed by atoms with Crippen molar-refractivity contribution in [2.24, 2.45) is 0 Å². The van der Waals surface area contributed by atoms with Gasteiger partial charge in [0, 0.05) is 23.7 Å². The summed E-state index contributed by atoms with van der Waals surface area (Å²) in [4.78, 5) is 26.8. The normalized spacial score (nSPS) is 11.2. The molecule has 0 spiro atoms. The number of hydrogen-bond donors (Lipinski definition) is 1. The van der Waals surface area contributed by atoms with Crippen LogP contribution < -0.4 is 10.9 Å². The first-order valence-corrected chi connectivity index (χ1v) is 9.99. The summed E-state index contributed by atoms with van der Waals surface area (Å²) in [5, 5.41) is 3.91. The molecule has 29 heavy (non-hydrogen) atoms. The van der Waals surface area contributed by atoms with E-state index >= 15 is 0 Å². The lowest BCUT2D eigenvalue weighted by Gasteiger charge is -2.22. The van der Waals surface area contributed by atoms with Crippen molar-refractivity contribution in [1.29, 1.82) is 0 Å². The van der Waals surface area contributed by atoms with Crippen LogP contribution in [-0.4, -0.2) is 23.9 Å². The minimum absolute atomic E-state index is 0.0629. The fourth-order valence-corrected chi connectivity index (χ4v) is 3.53. The van der Waals surface area contributed by atoms with Crippen LogP contribution in [0, 0.1) is 20.8 Å². The molecule has 0 saturated carbocycles. The minimum atomic E-state index is -0.359. The summed E-state index contributed by atoms with van der Waals surface area (Å²) in [6, 6.07) is 13.3. The van der Waals surface area contributed by atoms with E-state index in [4.69, 9.17) is 4.42 Å². The van der Waals surface area contributed by atoms with E-state index in [2.05, 4.69) is 17.1 Å². The number of carbonyl (C=O) groups is 1. The largest absolute Gasteiger partial charge is 0.422 e. The average molecular weight is 392 g/mol. The first-order chi connectivity index (χ1) is 13.9. The van der Waals surface area contributed by atoms with E-state index in [0.29, 0.717) is 12.1 Å². The van der Waals surface area contributed by atoms with Gasteiger partial charge >= 0.3 is 5.63 Å². The highest BCUT2D eigenvalue weighted by molar-refractivity contribution is 5.93. The standard InChI is InChI=1S/C24H28N2O3/c1-5-12-26(15-22(27)25-21-9-7-6-8-17(21)3)14-19-13-23(28)29-24-18(4)16(2)10-11-20(19)24/h6-11,13H,5,12,14-15H2,1-4H3,(H,25,27). The molecular weight excluding hydrogens is 364 g/mol. The molecule has 0 aliphatic rings. The molecule has 1 aromatic heterocycles. The summed E-state index contributed by atoms with van der Waals surface area (Å²) in [6.07, 6.45) is 0.912. The van der Waals surface area contributed by atoms with Crippen molar-refractivity contribution in [3.63, 3.8) is 0 Å². The lowest BCUT2D eigenvalue weighted by atomic mass is 10.0. The van der Waals surface area contributed by atoms with Crippen LogP contribution in [0.3, 0.4) is 0 Å². The number of anilines is 1. The van der Waals surface area contributed by atoms with Gasteiger partial charge in [0.05, 0.1) is 6.54 Å². The maximum Gasteiger partial charge on any atom is 0.336 e. The number of hydrogen-bond acceptors (Lipinski definition) is 4. The van der Waals surface area contributed by atoms with Gasteiger partial charge in [-0.05, 0) is 62.1 Å². The molecule has 0 fully saturated rings. The Kier molecular flexibility index (Phi) is 6.49. The monoisotopic (exact) mass is 392 g/mol. The van der Waals surface area contributed by atoms with Gasteiger partial charge in [-0.15, -0.1) is 0 Å². The van der Waals surface area contributed by atoms with Gasteiger partial charge in [-0.3, -0.25) is 9.69 Å². The maximum absolute atomic E-state index is 12.6. The number of carbonyl (C=O) groups excluding carboxylic acids is 1. The van der Waals surface area contributed by atoms with Crippen molar-refractivity contribution < 1.29 is 9.21 Å². The number of para-hydroxylation sites is 1. The Hall–Kier alpha value is -2.92. The van der Waals surface area contributed by atoms with Crippen LogP contribution in [0.4, 0.5) is 5.69 Å². The average Bonchev–Trinajstić information content (AvgIpc) is 2.67. The number of aryl methyl sites for hydroxylation is 3. The molecule has 3 aromatic rings. The summed E-state index contributed by atoms with van der Waals surface area (Å²) in [5.74, 6) is -0.0629. The summed E-state index contributed by atoms with van der Waals surface area (Å²) in [7, 11) is 0. The second-order valence-corrected chi connectivity index (χ2v) is 7.55. The zero-order valence-electron chi connectivity index (χ0n) is 17.5. The van der Waals surface area contributed by atoms with Crippen molar-refractivity contribution in [1.82, 2.24) is 4.90 Å². The number of nitrogens with one attached hydrogen (secondary N) is 1. The summed E-state index contributed by atoms with van der Waals surface area (Å²) in [5.41, 5.74) is 5.07. The van der Waals surface area contributed by atoms with Gasteiger partial charge < -0.3 is 9.73 Å². The van der Waals surface area contributed by atoms with Crippen molar-refractivity contribution >= 4 is 22.6 Å². The third kappa shape index (κ3) is 4.93.